The third-order valence-corrected chi connectivity index (χ3v) is 5.02. The molecule has 8 heteroatoms. The molecule has 0 fully saturated rings. The van der Waals surface area contributed by atoms with Crippen molar-refractivity contribution in [2.75, 3.05) is 13.2 Å². The van der Waals surface area contributed by atoms with E-state index >= 15 is 0 Å². The van der Waals surface area contributed by atoms with E-state index in [0.29, 0.717) is 41.0 Å². The summed E-state index contributed by atoms with van der Waals surface area (Å²) >= 11 is 1.07. The van der Waals surface area contributed by atoms with Gasteiger partial charge in [0.05, 0.1) is 24.9 Å². The number of benzene rings is 1. The van der Waals surface area contributed by atoms with Gasteiger partial charge in [0.1, 0.15) is 9.88 Å². The van der Waals surface area contributed by atoms with Crippen LogP contribution in [0.25, 0.3) is 0 Å². The van der Waals surface area contributed by atoms with E-state index in [0.717, 1.165) is 17.8 Å². The summed E-state index contributed by atoms with van der Waals surface area (Å²) in [7, 11) is 0. The number of hydrogen-bond acceptors (Lipinski definition) is 6. The second-order valence-electron chi connectivity index (χ2n) is 5.91. The summed E-state index contributed by atoms with van der Waals surface area (Å²) in [6, 6.07) is 4.62. The number of nitrogens with zero attached hydrogens (tertiary/aromatic N) is 1. The van der Waals surface area contributed by atoms with E-state index in [4.69, 9.17) is 14.6 Å². The quantitative estimate of drug-likeness (QED) is 0.673. The number of ether oxygens (including phenoxy) is 2. The molecular weight excluding hydrogens is 368 g/mol. The molecule has 0 saturated carbocycles. The summed E-state index contributed by atoms with van der Waals surface area (Å²) in [4.78, 5) is 28.2. The van der Waals surface area contributed by atoms with Crippen molar-refractivity contribution < 1.29 is 24.2 Å². The molecular formula is C19H24N2O5S. The Bertz CT molecular complexity index is 818. The van der Waals surface area contributed by atoms with Gasteiger partial charge >= 0.3 is 5.97 Å². The van der Waals surface area contributed by atoms with Crippen LogP contribution < -0.4 is 14.8 Å². The normalized spacial score (nSPS) is 11.7. The number of hydrogen-bond donors (Lipinski definition) is 2. The summed E-state index contributed by atoms with van der Waals surface area (Å²) in [6.07, 6.45) is 0.872. The number of carboxylic acids is 1. The molecule has 0 aliphatic heterocycles. The van der Waals surface area contributed by atoms with Crippen LogP contribution in [-0.4, -0.2) is 35.2 Å². The van der Waals surface area contributed by atoms with Crippen molar-refractivity contribution in [3.63, 3.8) is 0 Å². The van der Waals surface area contributed by atoms with Gasteiger partial charge in [-0.3, -0.25) is 4.79 Å². The number of carbonyl (C=O) groups is 2. The number of aryl methyl sites for hydroxylation is 1. The molecule has 2 rings (SSSR count). The Morgan fingerprint density at radius 3 is 2.59 bits per heavy atom. The van der Waals surface area contributed by atoms with Crippen molar-refractivity contribution in [3.8, 4) is 11.5 Å². The van der Waals surface area contributed by atoms with Gasteiger partial charge in [-0.15, -0.1) is 11.3 Å². The molecule has 0 aliphatic rings. The summed E-state index contributed by atoms with van der Waals surface area (Å²) in [5.41, 5.74) is 0.876. The Hall–Kier alpha value is -2.61. The molecule has 1 aromatic heterocycles. The van der Waals surface area contributed by atoms with Gasteiger partial charge in [-0.1, -0.05) is 6.92 Å². The molecule has 0 saturated heterocycles. The Morgan fingerprint density at radius 2 is 2.00 bits per heavy atom. The topological polar surface area (TPSA) is 97.8 Å². The highest BCUT2D eigenvalue weighted by Gasteiger charge is 2.20. The molecule has 0 aliphatic carbocycles. The number of carbonyl (C=O) groups excluding carboxylic acids is 1. The van der Waals surface area contributed by atoms with Gasteiger partial charge < -0.3 is 19.9 Å². The summed E-state index contributed by atoms with van der Waals surface area (Å²) in [5, 5.41) is 12.5. The minimum atomic E-state index is -1.01. The molecule has 2 N–H and O–H groups in total. The maximum Gasteiger partial charge on any atom is 0.347 e. The number of thiazole rings is 1. The molecule has 2 aromatic rings. The fourth-order valence-electron chi connectivity index (χ4n) is 2.39. The van der Waals surface area contributed by atoms with Crippen molar-refractivity contribution in [2.45, 2.75) is 40.2 Å². The molecule has 1 aromatic carbocycles. The second-order valence-corrected chi connectivity index (χ2v) is 6.94. The first-order valence-electron chi connectivity index (χ1n) is 8.78. The van der Waals surface area contributed by atoms with Crippen LogP contribution in [0.5, 0.6) is 11.5 Å². The highest BCUT2D eigenvalue weighted by Crippen LogP contribution is 2.29. The van der Waals surface area contributed by atoms with E-state index in [9.17, 15) is 9.59 Å². The highest BCUT2D eigenvalue weighted by atomic mass is 32.1. The zero-order chi connectivity index (χ0) is 20.0. The van der Waals surface area contributed by atoms with E-state index in [1.165, 1.54) is 0 Å². The van der Waals surface area contributed by atoms with Crippen molar-refractivity contribution in [1.82, 2.24) is 10.3 Å². The molecule has 0 spiro atoms. The molecule has 1 unspecified atom stereocenters. The van der Waals surface area contributed by atoms with Crippen LogP contribution in [0.2, 0.25) is 0 Å². The lowest BCUT2D eigenvalue weighted by atomic mass is 10.1. The van der Waals surface area contributed by atoms with Gasteiger partial charge in [0.15, 0.2) is 11.5 Å². The summed E-state index contributed by atoms with van der Waals surface area (Å²) < 4.78 is 11.2. The zero-order valence-electron chi connectivity index (χ0n) is 15.9. The van der Waals surface area contributed by atoms with Gasteiger partial charge in [-0.25, -0.2) is 9.78 Å². The number of nitrogens with one attached hydrogen (secondary N) is 1. The van der Waals surface area contributed by atoms with Crippen LogP contribution in [0.4, 0.5) is 0 Å². The van der Waals surface area contributed by atoms with E-state index in [-0.39, 0.29) is 10.8 Å². The van der Waals surface area contributed by atoms with Crippen LogP contribution in [0.1, 0.15) is 64.0 Å². The van der Waals surface area contributed by atoms with Gasteiger partial charge in [0.2, 0.25) is 0 Å². The smallest absolute Gasteiger partial charge is 0.347 e. The van der Waals surface area contributed by atoms with E-state index < -0.39 is 12.0 Å². The predicted molar refractivity (Wildman–Crippen MR) is 103 cm³/mol. The highest BCUT2D eigenvalue weighted by molar-refractivity contribution is 7.13. The first kappa shape index (κ1) is 20.7. The monoisotopic (exact) mass is 392 g/mol. The Morgan fingerprint density at radius 1 is 1.26 bits per heavy atom. The largest absolute Gasteiger partial charge is 0.490 e. The van der Waals surface area contributed by atoms with Crippen molar-refractivity contribution in [3.05, 3.63) is 39.3 Å². The molecule has 27 heavy (non-hydrogen) atoms. The van der Waals surface area contributed by atoms with Crippen molar-refractivity contribution in [1.29, 1.82) is 0 Å². The molecule has 1 heterocycles. The van der Waals surface area contributed by atoms with E-state index in [2.05, 4.69) is 10.3 Å². The number of aromatic carboxylic acids is 1. The van der Waals surface area contributed by atoms with Crippen LogP contribution in [0, 0.1) is 6.92 Å². The molecule has 0 bridgehead atoms. The second kappa shape index (κ2) is 9.36. The van der Waals surface area contributed by atoms with Gasteiger partial charge in [0.25, 0.3) is 5.91 Å². The van der Waals surface area contributed by atoms with Gasteiger partial charge in [-0.05, 0) is 45.4 Å². The molecule has 7 nitrogen and oxygen atoms in total. The first-order chi connectivity index (χ1) is 12.9. The minimum absolute atomic E-state index is 0.183. The summed E-state index contributed by atoms with van der Waals surface area (Å²) in [6.45, 7) is 8.31. The number of carboxylic acid groups (broad SMARTS) is 1. The van der Waals surface area contributed by atoms with E-state index in [1.807, 2.05) is 13.8 Å². The SMILES string of the molecule is CCCOc1ccc(C(=O)NC(C)c2nc(C)c(C(=O)O)s2)cc1OCC. The average molecular weight is 392 g/mol. The molecule has 1 atom stereocenters. The number of rotatable bonds is 9. The minimum Gasteiger partial charge on any atom is -0.490 e. The van der Waals surface area contributed by atoms with Crippen LogP contribution in [0.15, 0.2) is 18.2 Å². The summed E-state index contributed by atoms with van der Waals surface area (Å²) in [5.74, 6) is -0.191. The lowest BCUT2D eigenvalue weighted by Crippen LogP contribution is -2.26. The molecule has 0 radical (unpaired) electrons. The molecule has 146 valence electrons. The first-order valence-corrected chi connectivity index (χ1v) is 9.60. The fraction of sp³-hybridized carbons (Fsp3) is 0.421. The standard InChI is InChI=1S/C19H24N2O5S/c1-5-9-26-14-8-7-13(10-15(14)25-6-2)17(22)20-12(4)18-21-11(3)16(27-18)19(23)24/h7-8,10,12H,5-6,9H2,1-4H3,(H,20,22)(H,23,24). The predicted octanol–water partition coefficient (Wildman–Crippen LogP) is 3.83. The van der Waals surface area contributed by atoms with E-state index in [1.54, 1.807) is 32.0 Å². The number of aromatic nitrogens is 1. The average Bonchev–Trinajstić information content (AvgIpc) is 3.03. The fourth-order valence-corrected chi connectivity index (χ4v) is 3.30. The van der Waals surface area contributed by atoms with Gasteiger partial charge in [0, 0.05) is 5.56 Å². The zero-order valence-corrected chi connectivity index (χ0v) is 16.7. The Balaban J connectivity index is 2.15. The van der Waals surface area contributed by atoms with Gasteiger partial charge in [-0.2, -0.15) is 0 Å². The van der Waals surface area contributed by atoms with Crippen molar-refractivity contribution in [2.24, 2.45) is 0 Å². The third-order valence-electron chi connectivity index (χ3n) is 3.69. The lowest BCUT2D eigenvalue weighted by Gasteiger charge is -2.14. The maximum atomic E-state index is 12.6. The Kier molecular flexibility index (Phi) is 7.18. The maximum absolute atomic E-state index is 12.6. The van der Waals surface area contributed by atoms with Crippen LogP contribution in [-0.2, 0) is 0 Å². The van der Waals surface area contributed by atoms with Crippen molar-refractivity contribution >= 4 is 23.2 Å². The van der Waals surface area contributed by atoms with Crippen LogP contribution >= 0.6 is 11.3 Å². The number of amides is 1. The lowest BCUT2D eigenvalue weighted by molar-refractivity contribution is 0.0701. The van der Waals surface area contributed by atoms with Crippen LogP contribution in [0.3, 0.4) is 0 Å². The molecule has 1 amide bonds. The third kappa shape index (κ3) is 5.19. The Labute approximate surface area is 162 Å².